The molecule has 3 amide bonds. The summed E-state index contributed by atoms with van der Waals surface area (Å²) in [4.78, 5) is 36.7. The van der Waals surface area contributed by atoms with Crippen LogP contribution in [0.3, 0.4) is 0 Å². The SMILES string of the molecule is CC(=O)N[C@H]1[C@H](OC[C@@H](O)[C@H](O)[C@H](O[C@@H]2O[C@H](CO)[C@H](O)[C@H](O)[C@H]2O[C@@H]2O[C@@H](C)[C@@H](O)[C@@H](O)[C@@H]2O)[C@H](CO)NC(C)=O)O[C@H](CO)[C@@H](O[C@@H]2O[C@H](CO)[C@H](O[C@H]3O[C@H](CO)[C@@H](O)[C@H](O)[C@H]3NC(C)=O)[C@H](O)[C@H]2O)[C@@H]1O. The second-order valence-electron chi connectivity index (χ2n) is 18.8. The average Bonchev–Trinajstić information content (AvgIpc) is 3.37. The van der Waals surface area contributed by atoms with Gasteiger partial charge in [-0.05, 0) is 6.92 Å². The Kier molecular flexibility index (Phi) is 23.5. The highest BCUT2D eigenvalue weighted by Crippen LogP contribution is 2.35. The highest BCUT2D eigenvalue weighted by atomic mass is 16.8. The molecular formula is C42H73N3O30. The maximum atomic E-state index is 12.5. The van der Waals surface area contributed by atoms with E-state index >= 15 is 0 Å². The molecule has 0 bridgehead atoms. The quantitative estimate of drug-likeness (QED) is 0.0479. The van der Waals surface area contributed by atoms with Gasteiger partial charge in [-0.2, -0.15) is 0 Å². The van der Waals surface area contributed by atoms with Gasteiger partial charge in [0.25, 0.3) is 0 Å². The van der Waals surface area contributed by atoms with Gasteiger partial charge in [-0.3, -0.25) is 14.4 Å². The number of aliphatic hydroxyl groups is 17. The molecule has 5 fully saturated rings. The Balaban J connectivity index is 1.33. The lowest BCUT2D eigenvalue weighted by Crippen LogP contribution is -2.69. The minimum absolute atomic E-state index is 0.720. The van der Waals surface area contributed by atoms with Crippen LogP contribution in [-0.2, 0) is 61.8 Å². The molecule has 0 aromatic carbocycles. The van der Waals surface area contributed by atoms with E-state index in [1.54, 1.807) is 0 Å². The predicted octanol–water partition coefficient (Wildman–Crippen LogP) is -13.0. The van der Waals surface area contributed by atoms with Crippen molar-refractivity contribution >= 4 is 17.7 Å². The van der Waals surface area contributed by atoms with E-state index in [1.807, 2.05) is 0 Å². The molecule has 5 heterocycles. The van der Waals surface area contributed by atoms with Gasteiger partial charge in [-0.15, -0.1) is 0 Å². The summed E-state index contributed by atoms with van der Waals surface area (Å²) < 4.78 is 57.1. The van der Waals surface area contributed by atoms with Crippen LogP contribution in [0.1, 0.15) is 27.7 Å². The standard InChI is InChI=1S/C42H73N3O30/c1-11-23(55)29(61)32(64)40(67-11)75-37-30(62)26(58)18(7-48)69-42(37)72-34(15(5-46)43-12(2)51)24(56)16(54)10-66-38-22(45-14(4)53)28(60)35(19(8-49)70-38)74-41-33(65)31(63)36(20(9-50)71-41)73-39-21(44-13(3)52)27(59)25(57)17(6-47)68-39/h11,15-42,46-50,54-65H,5-10H2,1-4H3,(H,43,51)(H,44,52)(H,45,53)/t11-,15-,16+,17+,18+,19+,20+,21+,22+,23+,24-,25+,26-,27+,28+,29+,30-,31+,32-,33+,34+,35+,36-,37+,38+,39+,40-,41-,42-/m0/s1. The van der Waals surface area contributed by atoms with Crippen molar-refractivity contribution in [3.05, 3.63) is 0 Å². The largest absolute Gasteiger partial charge is 0.394 e. The van der Waals surface area contributed by atoms with E-state index in [1.165, 1.54) is 6.92 Å². The fourth-order valence-electron chi connectivity index (χ4n) is 9.16. The number of hydrogen-bond acceptors (Lipinski definition) is 30. The van der Waals surface area contributed by atoms with Gasteiger partial charge in [-0.25, -0.2) is 0 Å². The number of rotatable bonds is 22. The summed E-state index contributed by atoms with van der Waals surface area (Å²) in [7, 11) is 0. The van der Waals surface area contributed by atoms with Crippen molar-refractivity contribution in [1.82, 2.24) is 16.0 Å². The molecule has 75 heavy (non-hydrogen) atoms. The number of carbonyl (C=O) groups is 3. The molecule has 0 aromatic heterocycles. The summed E-state index contributed by atoms with van der Waals surface area (Å²) in [5.74, 6) is -2.37. The summed E-state index contributed by atoms with van der Waals surface area (Å²) in [6, 6.07) is -4.89. The molecule has 0 radical (unpaired) electrons. The lowest BCUT2D eigenvalue weighted by molar-refractivity contribution is -0.374. The van der Waals surface area contributed by atoms with Gasteiger partial charge < -0.3 is 150 Å². The van der Waals surface area contributed by atoms with E-state index in [-0.39, 0.29) is 0 Å². The number of ether oxygens (including phenoxy) is 10. The van der Waals surface area contributed by atoms with Gasteiger partial charge in [-0.1, -0.05) is 0 Å². The zero-order valence-electron chi connectivity index (χ0n) is 40.9. The number of amides is 3. The van der Waals surface area contributed by atoms with Crippen molar-refractivity contribution in [3.8, 4) is 0 Å². The Morgan fingerprint density at radius 1 is 0.480 bits per heavy atom. The number of nitrogens with one attached hydrogen (secondary N) is 3. The Hall–Kier alpha value is -2.67. The van der Waals surface area contributed by atoms with Crippen molar-refractivity contribution in [2.75, 3.05) is 39.6 Å². The smallest absolute Gasteiger partial charge is 0.217 e. The first-order valence-electron chi connectivity index (χ1n) is 23.9. The Bertz CT molecular complexity index is 1800. The maximum Gasteiger partial charge on any atom is 0.217 e. The van der Waals surface area contributed by atoms with Crippen LogP contribution in [0.5, 0.6) is 0 Å². The Labute approximate surface area is 426 Å². The van der Waals surface area contributed by atoms with Gasteiger partial charge in [0.15, 0.2) is 31.5 Å². The van der Waals surface area contributed by atoms with E-state index in [0.29, 0.717) is 0 Å². The zero-order chi connectivity index (χ0) is 55.9. The summed E-state index contributed by atoms with van der Waals surface area (Å²) in [6.45, 7) is -1.48. The van der Waals surface area contributed by atoms with Crippen molar-refractivity contribution < 1.29 is 149 Å². The van der Waals surface area contributed by atoms with E-state index in [0.717, 1.165) is 20.8 Å². The summed E-state index contributed by atoms with van der Waals surface area (Å²) in [5, 5.41) is 189. The molecule has 0 saturated carbocycles. The highest BCUT2D eigenvalue weighted by molar-refractivity contribution is 5.74. The first kappa shape index (κ1) is 63.2. The van der Waals surface area contributed by atoms with E-state index in [9.17, 15) is 101 Å². The third kappa shape index (κ3) is 14.8. The normalized spacial score (nSPS) is 44.2. The molecule has 5 aliphatic rings. The third-order valence-electron chi connectivity index (χ3n) is 13.2. The molecule has 33 nitrogen and oxygen atoms in total. The fraction of sp³-hybridized carbons (Fsp3) is 0.929. The van der Waals surface area contributed by atoms with Crippen molar-refractivity contribution in [2.45, 2.75) is 205 Å². The van der Waals surface area contributed by atoms with Crippen LogP contribution in [0.2, 0.25) is 0 Å². The molecule has 5 aliphatic heterocycles. The van der Waals surface area contributed by atoms with Gasteiger partial charge in [0.1, 0.15) is 134 Å². The van der Waals surface area contributed by atoms with Gasteiger partial charge >= 0.3 is 0 Å². The fourth-order valence-corrected chi connectivity index (χ4v) is 9.16. The monoisotopic (exact) mass is 1100 g/mol. The summed E-state index contributed by atoms with van der Waals surface area (Å²) in [5.41, 5.74) is 0. The van der Waals surface area contributed by atoms with Gasteiger partial charge in [0.2, 0.25) is 17.7 Å². The number of aliphatic hydroxyl groups excluding tert-OH is 17. The van der Waals surface area contributed by atoms with Gasteiger partial charge in [0.05, 0.1) is 51.8 Å². The first-order chi connectivity index (χ1) is 35.3. The number of hydrogen-bond donors (Lipinski definition) is 20. The summed E-state index contributed by atoms with van der Waals surface area (Å²) >= 11 is 0. The molecule has 5 rings (SSSR count). The van der Waals surface area contributed by atoms with Gasteiger partial charge in [0, 0.05) is 20.8 Å². The van der Waals surface area contributed by atoms with Crippen molar-refractivity contribution in [1.29, 1.82) is 0 Å². The van der Waals surface area contributed by atoms with Crippen LogP contribution in [-0.4, -0.2) is 322 Å². The zero-order valence-corrected chi connectivity index (χ0v) is 40.9. The molecule has 29 atom stereocenters. The Morgan fingerprint density at radius 3 is 1.45 bits per heavy atom. The second kappa shape index (κ2) is 28.0. The highest BCUT2D eigenvalue weighted by Gasteiger charge is 2.56. The molecular weight excluding hydrogens is 1030 g/mol. The van der Waals surface area contributed by atoms with Crippen LogP contribution < -0.4 is 16.0 Å². The molecule has 5 saturated heterocycles. The van der Waals surface area contributed by atoms with Crippen LogP contribution in [0.15, 0.2) is 0 Å². The molecule has 0 unspecified atom stereocenters. The molecule has 436 valence electrons. The topological polar surface area (TPSA) is 524 Å². The number of carbonyl (C=O) groups excluding carboxylic acids is 3. The lowest BCUT2D eigenvalue weighted by atomic mass is 9.94. The first-order valence-corrected chi connectivity index (χ1v) is 23.9. The van der Waals surface area contributed by atoms with E-state index < -0.39 is 235 Å². The maximum absolute atomic E-state index is 12.5. The lowest BCUT2D eigenvalue weighted by Gasteiger charge is -2.49. The second-order valence-corrected chi connectivity index (χ2v) is 18.8. The predicted molar refractivity (Wildman–Crippen MR) is 235 cm³/mol. The summed E-state index contributed by atoms with van der Waals surface area (Å²) in [6.07, 6.45) is -48.3. The average molecular weight is 1100 g/mol. The van der Waals surface area contributed by atoms with Crippen molar-refractivity contribution in [2.24, 2.45) is 0 Å². The van der Waals surface area contributed by atoms with Crippen LogP contribution in [0, 0.1) is 0 Å². The van der Waals surface area contributed by atoms with Crippen LogP contribution in [0.25, 0.3) is 0 Å². The minimum Gasteiger partial charge on any atom is -0.394 e. The Morgan fingerprint density at radius 2 is 0.920 bits per heavy atom. The molecule has 20 N–H and O–H groups in total. The van der Waals surface area contributed by atoms with Crippen LogP contribution >= 0.6 is 0 Å². The minimum atomic E-state index is -2.29. The third-order valence-corrected chi connectivity index (χ3v) is 13.2. The van der Waals surface area contributed by atoms with Crippen molar-refractivity contribution in [3.63, 3.8) is 0 Å². The van der Waals surface area contributed by atoms with E-state index in [4.69, 9.17) is 47.4 Å². The van der Waals surface area contributed by atoms with E-state index in [2.05, 4.69) is 16.0 Å². The molecule has 0 spiro atoms. The van der Waals surface area contributed by atoms with Crippen LogP contribution in [0.4, 0.5) is 0 Å². The molecule has 0 aliphatic carbocycles. The molecule has 0 aromatic rings. The molecule has 33 heteroatoms.